The monoisotopic (exact) mass is 264 g/mol. The first kappa shape index (κ1) is 13.9. The van der Waals surface area contributed by atoms with Gasteiger partial charge in [0, 0.05) is 13.1 Å². The van der Waals surface area contributed by atoms with Crippen LogP contribution in [0.15, 0.2) is 0 Å². The minimum atomic E-state index is -0.0842. The fourth-order valence-corrected chi connectivity index (χ4v) is 2.80. The maximum Gasteiger partial charge on any atom is 0.271 e. The third-order valence-electron chi connectivity index (χ3n) is 3.90. The lowest BCUT2D eigenvalue weighted by atomic mass is 10.1. The zero-order valence-electron chi connectivity index (χ0n) is 11.9. The van der Waals surface area contributed by atoms with Crippen LogP contribution in [0.25, 0.3) is 0 Å². The molecule has 106 valence electrons. The molecule has 1 fully saturated rings. The van der Waals surface area contributed by atoms with Crippen molar-refractivity contribution in [3.8, 4) is 0 Å². The van der Waals surface area contributed by atoms with E-state index >= 15 is 0 Å². The maximum absolute atomic E-state index is 12.3. The molecule has 0 aromatic carbocycles. The average Bonchev–Trinajstić information content (AvgIpc) is 2.57. The van der Waals surface area contributed by atoms with Crippen LogP contribution in [0.3, 0.4) is 0 Å². The summed E-state index contributed by atoms with van der Waals surface area (Å²) in [6.07, 6.45) is 7.85. The van der Waals surface area contributed by atoms with E-state index in [0.29, 0.717) is 11.4 Å². The first-order valence-corrected chi connectivity index (χ1v) is 7.25. The van der Waals surface area contributed by atoms with E-state index in [2.05, 4.69) is 10.4 Å². The number of aromatic nitrogens is 2. The van der Waals surface area contributed by atoms with Gasteiger partial charge in [0.05, 0.1) is 11.4 Å². The van der Waals surface area contributed by atoms with Crippen LogP contribution in [0.2, 0.25) is 0 Å². The standard InChI is InChI=1S/C14H24N4O/c1-3-11-12(15)13(18(2)17-11)14(19)16-10-8-6-4-5-7-9-10/h10H,3-9,15H2,1-2H3,(H,16,19). The van der Waals surface area contributed by atoms with Gasteiger partial charge in [-0.2, -0.15) is 5.10 Å². The summed E-state index contributed by atoms with van der Waals surface area (Å²) in [6.45, 7) is 1.99. The third-order valence-corrected chi connectivity index (χ3v) is 3.90. The highest BCUT2D eigenvalue weighted by molar-refractivity contribution is 5.98. The molecule has 0 bridgehead atoms. The van der Waals surface area contributed by atoms with Crippen LogP contribution in [-0.2, 0) is 13.5 Å². The summed E-state index contributed by atoms with van der Waals surface area (Å²) in [5, 5.41) is 7.41. The minimum Gasteiger partial charge on any atom is -0.395 e. The molecule has 1 amide bonds. The summed E-state index contributed by atoms with van der Waals surface area (Å²) in [5.41, 5.74) is 7.83. The van der Waals surface area contributed by atoms with Crippen LogP contribution in [0, 0.1) is 0 Å². The van der Waals surface area contributed by atoms with E-state index < -0.39 is 0 Å². The number of aryl methyl sites for hydroxylation is 2. The smallest absolute Gasteiger partial charge is 0.271 e. The van der Waals surface area contributed by atoms with E-state index in [0.717, 1.165) is 25.0 Å². The molecule has 3 N–H and O–H groups in total. The molecule has 1 aromatic heterocycles. The Balaban J connectivity index is 2.08. The molecular formula is C14H24N4O. The summed E-state index contributed by atoms with van der Waals surface area (Å²) in [7, 11) is 1.78. The van der Waals surface area contributed by atoms with Gasteiger partial charge in [-0.3, -0.25) is 9.48 Å². The van der Waals surface area contributed by atoms with Crippen molar-refractivity contribution in [1.82, 2.24) is 15.1 Å². The number of hydrogen-bond donors (Lipinski definition) is 2. The van der Waals surface area contributed by atoms with E-state index in [1.165, 1.54) is 25.7 Å². The minimum absolute atomic E-state index is 0.0842. The van der Waals surface area contributed by atoms with E-state index in [1.54, 1.807) is 11.7 Å². The van der Waals surface area contributed by atoms with Crippen LogP contribution >= 0.6 is 0 Å². The highest BCUT2D eigenvalue weighted by Crippen LogP contribution is 2.20. The van der Waals surface area contributed by atoms with Crippen molar-refractivity contribution >= 4 is 11.6 Å². The molecule has 2 rings (SSSR count). The number of nitrogens with one attached hydrogen (secondary N) is 1. The Morgan fingerprint density at radius 1 is 1.37 bits per heavy atom. The van der Waals surface area contributed by atoms with Crippen molar-refractivity contribution in [2.45, 2.75) is 57.9 Å². The second-order valence-electron chi connectivity index (χ2n) is 5.35. The van der Waals surface area contributed by atoms with Crippen molar-refractivity contribution in [1.29, 1.82) is 0 Å². The van der Waals surface area contributed by atoms with Gasteiger partial charge < -0.3 is 11.1 Å². The maximum atomic E-state index is 12.3. The van der Waals surface area contributed by atoms with Gasteiger partial charge in [-0.25, -0.2) is 0 Å². The first-order chi connectivity index (χ1) is 9.13. The number of rotatable bonds is 3. The van der Waals surface area contributed by atoms with Crippen LogP contribution in [0.5, 0.6) is 0 Å². The van der Waals surface area contributed by atoms with Crippen LogP contribution in [0.4, 0.5) is 5.69 Å². The van der Waals surface area contributed by atoms with Crippen molar-refractivity contribution in [2.75, 3.05) is 5.73 Å². The third kappa shape index (κ3) is 3.08. The van der Waals surface area contributed by atoms with Gasteiger partial charge in [0.25, 0.3) is 5.91 Å². The second kappa shape index (κ2) is 6.08. The lowest BCUT2D eigenvalue weighted by Crippen LogP contribution is -2.35. The molecule has 1 aliphatic carbocycles. The topological polar surface area (TPSA) is 72.9 Å². The number of nitrogens with two attached hydrogens (primary N) is 1. The molecule has 19 heavy (non-hydrogen) atoms. The summed E-state index contributed by atoms with van der Waals surface area (Å²) < 4.78 is 1.60. The van der Waals surface area contributed by atoms with Gasteiger partial charge in [-0.15, -0.1) is 0 Å². The molecule has 0 atom stereocenters. The highest BCUT2D eigenvalue weighted by atomic mass is 16.2. The zero-order chi connectivity index (χ0) is 13.8. The Hall–Kier alpha value is -1.52. The van der Waals surface area contributed by atoms with Gasteiger partial charge in [-0.1, -0.05) is 32.6 Å². The molecule has 5 heteroatoms. The van der Waals surface area contributed by atoms with Crippen molar-refractivity contribution in [3.05, 3.63) is 11.4 Å². The predicted octanol–water partition coefficient (Wildman–Crippen LogP) is 2.02. The highest BCUT2D eigenvalue weighted by Gasteiger charge is 2.22. The first-order valence-electron chi connectivity index (χ1n) is 7.25. The lowest BCUT2D eigenvalue weighted by molar-refractivity contribution is 0.0925. The van der Waals surface area contributed by atoms with Gasteiger partial charge in [0.15, 0.2) is 0 Å². The summed E-state index contributed by atoms with van der Waals surface area (Å²) in [5.74, 6) is -0.0842. The Bertz CT molecular complexity index is 445. The van der Waals surface area contributed by atoms with E-state index in [4.69, 9.17) is 5.73 Å². The number of hydrogen-bond acceptors (Lipinski definition) is 3. The lowest BCUT2D eigenvalue weighted by Gasteiger charge is -2.16. The van der Waals surface area contributed by atoms with E-state index in [1.807, 2.05) is 6.92 Å². The average molecular weight is 264 g/mol. The number of amides is 1. The van der Waals surface area contributed by atoms with E-state index in [-0.39, 0.29) is 11.9 Å². The van der Waals surface area contributed by atoms with Gasteiger partial charge >= 0.3 is 0 Å². The molecule has 1 aliphatic rings. The zero-order valence-corrected chi connectivity index (χ0v) is 11.9. The molecule has 1 aromatic rings. The normalized spacial score (nSPS) is 17.2. The summed E-state index contributed by atoms with van der Waals surface area (Å²) >= 11 is 0. The van der Waals surface area contributed by atoms with Gasteiger partial charge in [0.2, 0.25) is 0 Å². The Morgan fingerprint density at radius 2 is 2.00 bits per heavy atom. The molecule has 1 heterocycles. The molecule has 1 saturated carbocycles. The Morgan fingerprint density at radius 3 is 2.53 bits per heavy atom. The van der Waals surface area contributed by atoms with Crippen molar-refractivity contribution < 1.29 is 4.79 Å². The van der Waals surface area contributed by atoms with Gasteiger partial charge in [0.1, 0.15) is 5.69 Å². The number of anilines is 1. The van der Waals surface area contributed by atoms with Crippen LogP contribution in [-0.4, -0.2) is 21.7 Å². The second-order valence-corrected chi connectivity index (χ2v) is 5.35. The Labute approximate surface area is 114 Å². The largest absolute Gasteiger partial charge is 0.395 e. The number of nitrogen functional groups attached to an aromatic ring is 1. The number of carbonyl (C=O) groups is 1. The number of nitrogens with zero attached hydrogens (tertiary/aromatic N) is 2. The SMILES string of the molecule is CCc1nn(C)c(C(=O)NC2CCCCCC2)c1N. The predicted molar refractivity (Wildman–Crippen MR) is 76.0 cm³/mol. The van der Waals surface area contributed by atoms with E-state index in [9.17, 15) is 4.79 Å². The molecule has 0 radical (unpaired) electrons. The quantitative estimate of drug-likeness (QED) is 0.820. The molecule has 0 spiro atoms. The summed E-state index contributed by atoms with van der Waals surface area (Å²) in [6, 6.07) is 0.286. The number of carbonyl (C=O) groups excluding carboxylic acids is 1. The molecular weight excluding hydrogens is 240 g/mol. The van der Waals surface area contributed by atoms with Gasteiger partial charge in [-0.05, 0) is 19.3 Å². The van der Waals surface area contributed by atoms with Crippen molar-refractivity contribution in [2.24, 2.45) is 7.05 Å². The Kier molecular flexibility index (Phi) is 4.45. The molecule has 5 nitrogen and oxygen atoms in total. The van der Waals surface area contributed by atoms with Crippen LogP contribution < -0.4 is 11.1 Å². The fraction of sp³-hybridized carbons (Fsp3) is 0.714. The molecule has 0 unspecified atom stereocenters. The fourth-order valence-electron chi connectivity index (χ4n) is 2.80. The summed E-state index contributed by atoms with van der Waals surface area (Å²) in [4.78, 5) is 12.3. The molecule has 0 saturated heterocycles. The van der Waals surface area contributed by atoms with Crippen molar-refractivity contribution in [3.63, 3.8) is 0 Å². The molecule has 0 aliphatic heterocycles. The van der Waals surface area contributed by atoms with Crippen LogP contribution in [0.1, 0.15) is 61.6 Å².